The molecule has 0 fully saturated rings. The molecule has 0 aliphatic carbocycles. The standard InChI is InChI=1S/C18H17NO6/c1-11-7-8-13(17(21)22)15(9-11)25-10-16(20)19-14-6-4-3-5-12(14)18(23)24-2/h3-9H,10H2,1-2H3,(H,19,20)(H,21,22). The molecule has 7 heteroatoms. The number of benzene rings is 2. The molecule has 2 rings (SSSR count). The van der Waals surface area contributed by atoms with Crippen molar-refractivity contribution in [2.45, 2.75) is 6.92 Å². The van der Waals surface area contributed by atoms with Gasteiger partial charge in [-0.15, -0.1) is 0 Å². The minimum absolute atomic E-state index is 0.0339. The lowest BCUT2D eigenvalue weighted by atomic mass is 10.1. The third-order valence-corrected chi connectivity index (χ3v) is 3.33. The number of carboxylic acid groups (broad SMARTS) is 1. The van der Waals surface area contributed by atoms with E-state index in [1.807, 2.05) is 0 Å². The van der Waals surface area contributed by atoms with Crippen LogP contribution in [0.25, 0.3) is 0 Å². The Morgan fingerprint density at radius 2 is 1.80 bits per heavy atom. The Labute approximate surface area is 144 Å². The Hall–Kier alpha value is -3.35. The van der Waals surface area contributed by atoms with Gasteiger partial charge in [-0.1, -0.05) is 18.2 Å². The van der Waals surface area contributed by atoms with E-state index in [1.165, 1.54) is 19.2 Å². The molecule has 130 valence electrons. The number of hydrogen-bond donors (Lipinski definition) is 2. The average Bonchev–Trinajstić information content (AvgIpc) is 2.59. The number of carbonyl (C=O) groups excluding carboxylic acids is 2. The van der Waals surface area contributed by atoms with Gasteiger partial charge < -0.3 is 19.9 Å². The van der Waals surface area contributed by atoms with E-state index in [9.17, 15) is 14.4 Å². The molecular weight excluding hydrogens is 326 g/mol. The largest absolute Gasteiger partial charge is 0.483 e. The highest BCUT2D eigenvalue weighted by Crippen LogP contribution is 2.21. The number of aromatic carboxylic acids is 1. The second-order valence-electron chi connectivity index (χ2n) is 5.18. The van der Waals surface area contributed by atoms with E-state index in [2.05, 4.69) is 10.1 Å². The predicted molar refractivity (Wildman–Crippen MR) is 90.0 cm³/mol. The summed E-state index contributed by atoms with van der Waals surface area (Å²) in [6.07, 6.45) is 0. The molecule has 0 bridgehead atoms. The van der Waals surface area contributed by atoms with Gasteiger partial charge in [0.15, 0.2) is 6.61 Å². The van der Waals surface area contributed by atoms with Gasteiger partial charge in [0.05, 0.1) is 18.4 Å². The number of aryl methyl sites for hydroxylation is 1. The molecule has 0 unspecified atom stereocenters. The van der Waals surface area contributed by atoms with Crippen molar-refractivity contribution in [1.82, 2.24) is 0 Å². The number of rotatable bonds is 6. The maximum absolute atomic E-state index is 12.1. The fraction of sp³-hybridized carbons (Fsp3) is 0.167. The molecule has 25 heavy (non-hydrogen) atoms. The van der Waals surface area contributed by atoms with E-state index in [-0.39, 0.29) is 22.6 Å². The van der Waals surface area contributed by atoms with E-state index >= 15 is 0 Å². The minimum Gasteiger partial charge on any atom is -0.483 e. The molecule has 0 spiro atoms. The molecule has 2 aromatic carbocycles. The normalized spacial score (nSPS) is 10.0. The third-order valence-electron chi connectivity index (χ3n) is 3.33. The molecule has 0 atom stereocenters. The van der Waals surface area contributed by atoms with Crippen LogP contribution in [0.2, 0.25) is 0 Å². The van der Waals surface area contributed by atoms with E-state index in [1.54, 1.807) is 37.3 Å². The van der Waals surface area contributed by atoms with Gasteiger partial charge in [-0.25, -0.2) is 9.59 Å². The smallest absolute Gasteiger partial charge is 0.339 e. The van der Waals surface area contributed by atoms with Crippen molar-refractivity contribution in [2.24, 2.45) is 0 Å². The minimum atomic E-state index is -1.15. The van der Waals surface area contributed by atoms with Gasteiger partial charge in [0, 0.05) is 0 Å². The van der Waals surface area contributed by atoms with Crippen LogP contribution in [0.3, 0.4) is 0 Å². The average molecular weight is 343 g/mol. The van der Waals surface area contributed by atoms with E-state index in [4.69, 9.17) is 9.84 Å². The molecule has 0 saturated carbocycles. The maximum atomic E-state index is 12.1. The van der Waals surface area contributed by atoms with E-state index < -0.39 is 24.5 Å². The first kappa shape index (κ1) is 18.0. The first-order valence-corrected chi connectivity index (χ1v) is 7.36. The SMILES string of the molecule is COC(=O)c1ccccc1NC(=O)COc1cc(C)ccc1C(=O)O. The summed E-state index contributed by atoms with van der Waals surface area (Å²) in [5.74, 6) is -2.16. The monoisotopic (exact) mass is 343 g/mol. The van der Waals surface area contributed by atoms with Gasteiger partial charge in [0.25, 0.3) is 5.91 Å². The van der Waals surface area contributed by atoms with Crippen molar-refractivity contribution in [1.29, 1.82) is 0 Å². The van der Waals surface area contributed by atoms with Gasteiger partial charge >= 0.3 is 11.9 Å². The number of methoxy groups -OCH3 is 1. The van der Waals surface area contributed by atoms with Crippen LogP contribution < -0.4 is 10.1 Å². The molecule has 2 aromatic rings. The maximum Gasteiger partial charge on any atom is 0.339 e. The molecule has 1 amide bonds. The number of para-hydroxylation sites is 1. The molecule has 2 N–H and O–H groups in total. The fourth-order valence-electron chi connectivity index (χ4n) is 2.14. The number of carboxylic acids is 1. The van der Waals surface area contributed by atoms with Gasteiger partial charge in [-0.3, -0.25) is 4.79 Å². The lowest BCUT2D eigenvalue weighted by Gasteiger charge is -2.12. The summed E-state index contributed by atoms with van der Waals surface area (Å²) >= 11 is 0. The number of ether oxygens (including phenoxy) is 2. The molecule has 0 aliphatic heterocycles. The molecular formula is C18H17NO6. The molecule has 0 heterocycles. The van der Waals surface area contributed by atoms with Crippen molar-refractivity contribution in [3.63, 3.8) is 0 Å². The van der Waals surface area contributed by atoms with Crippen LogP contribution in [-0.4, -0.2) is 36.7 Å². The van der Waals surface area contributed by atoms with Crippen LogP contribution in [0.4, 0.5) is 5.69 Å². The summed E-state index contributed by atoms with van der Waals surface area (Å²) in [6.45, 7) is 1.38. The summed E-state index contributed by atoms with van der Waals surface area (Å²) < 4.78 is 9.99. The van der Waals surface area contributed by atoms with E-state index in [0.29, 0.717) is 0 Å². The summed E-state index contributed by atoms with van der Waals surface area (Å²) in [5.41, 5.74) is 1.26. The Morgan fingerprint density at radius 3 is 2.48 bits per heavy atom. The van der Waals surface area contributed by atoms with Crippen molar-refractivity contribution in [2.75, 3.05) is 19.0 Å². The van der Waals surface area contributed by atoms with Crippen LogP contribution in [0, 0.1) is 6.92 Å². The predicted octanol–water partition coefficient (Wildman–Crippen LogP) is 2.50. The first-order valence-electron chi connectivity index (χ1n) is 7.36. The van der Waals surface area contributed by atoms with E-state index in [0.717, 1.165) is 5.56 Å². The van der Waals surface area contributed by atoms with Crippen LogP contribution in [0.1, 0.15) is 26.3 Å². The van der Waals surface area contributed by atoms with Crippen LogP contribution in [0.5, 0.6) is 5.75 Å². The van der Waals surface area contributed by atoms with Gasteiger partial charge in [-0.2, -0.15) is 0 Å². The van der Waals surface area contributed by atoms with Crippen LogP contribution in [-0.2, 0) is 9.53 Å². The number of nitrogens with one attached hydrogen (secondary N) is 1. The summed E-state index contributed by atoms with van der Waals surface area (Å²) in [6, 6.07) is 11.0. The highest BCUT2D eigenvalue weighted by molar-refractivity contribution is 6.01. The quantitative estimate of drug-likeness (QED) is 0.781. The number of anilines is 1. The second kappa shape index (κ2) is 7.96. The second-order valence-corrected chi connectivity index (χ2v) is 5.18. The van der Waals surface area contributed by atoms with Crippen molar-refractivity contribution < 1.29 is 29.0 Å². The summed E-state index contributed by atoms with van der Waals surface area (Å²) in [7, 11) is 1.25. The Kier molecular flexibility index (Phi) is 5.73. The number of esters is 1. The Morgan fingerprint density at radius 1 is 1.08 bits per heavy atom. The summed E-state index contributed by atoms with van der Waals surface area (Å²) in [5, 5.41) is 11.7. The highest BCUT2D eigenvalue weighted by Gasteiger charge is 2.15. The third kappa shape index (κ3) is 4.57. The number of amides is 1. The number of hydrogen-bond acceptors (Lipinski definition) is 5. The zero-order valence-electron chi connectivity index (χ0n) is 13.7. The molecule has 7 nitrogen and oxygen atoms in total. The molecule has 0 aliphatic rings. The van der Waals surface area contributed by atoms with Gasteiger partial charge in [-0.05, 0) is 36.8 Å². The lowest BCUT2D eigenvalue weighted by Crippen LogP contribution is -2.22. The van der Waals surface area contributed by atoms with Crippen molar-refractivity contribution in [3.05, 3.63) is 59.2 Å². The molecule has 0 aromatic heterocycles. The zero-order valence-corrected chi connectivity index (χ0v) is 13.7. The molecule has 0 radical (unpaired) electrons. The van der Waals surface area contributed by atoms with Gasteiger partial charge in [0.1, 0.15) is 11.3 Å². The Balaban J connectivity index is 2.09. The Bertz CT molecular complexity index is 815. The lowest BCUT2D eigenvalue weighted by molar-refractivity contribution is -0.118. The summed E-state index contributed by atoms with van der Waals surface area (Å²) in [4.78, 5) is 35.0. The van der Waals surface area contributed by atoms with Crippen molar-refractivity contribution in [3.8, 4) is 5.75 Å². The first-order chi connectivity index (χ1) is 11.9. The zero-order chi connectivity index (χ0) is 18.4. The molecule has 0 saturated heterocycles. The topological polar surface area (TPSA) is 102 Å². The fourth-order valence-corrected chi connectivity index (χ4v) is 2.14. The van der Waals surface area contributed by atoms with Crippen molar-refractivity contribution >= 4 is 23.5 Å². The number of carbonyl (C=O) groups is 3. The van der Waals surface area contributed by atoms with Crippen LogP contribution in [0.15, 0.2) is 42.5 Å². The van der Waals surface area contributed by atoms with Crippen LogP contribution >= 0.6 is 0 Å². The highest BCUT2D eigenvalue weighted by atomic mass is 16.5. The van der Waals surface area contributed by atoms with Gasteiger partial charge in [0.2, 0.25) is 0 Å².